The fraction of sp³-hybridized carbons (Fsp3) is 0. The van der Waals surface area contributed by atoms with Crippen molar-refractivity contribution in [2.75, 3.05) is 0 Å². The number of fused-ring (bicyclic) bond motifs is 1. The van der Waals surface area contributed by atoms with Crippen molar-refractivity contribution in [3.8, 4) is 32.5 Å². The van der Waals surface area contributed by atoms with Crippen LogP contribution in [0.15, 0.2) is 121 Å². The monoisotopic (exact) mass is 681 g/mol. The number of pyridine rings is 2. The van der Waals surface area contributed by atoms with E-state index in [-0.39, 0.29) is 20.1 Å². The zero-order valence-corrected chi connectivity index (χ0v) is 22.3. The van der Waals surface area contributed by atoms with E-state index in [9.17, 15) is 0 Å². The molecule has 0 saturated heterocycles. The van der Waals surface area contributed by atoms with Crippen LogP contribution in [0.1, 0.15) is 0 Å². The fourth-order valence-corrected chi connectivity index (χ4v) is 5.56. The van der Waals surface area contributed by atoms with Crippen molar-refractivity contribution in [1.29, 1.82) is 0 Å². The van der Waals surface area contributed by atoms with Crippen molar-refractivity contribution in [2.45, 2.75) is 0 Å². The zero-order valence-electron chi connectivity index (χ0n) is 18.2. The normalized spacial score (nSPS) is 10.1. The number of hydrogen-bond donors (Lipinski definition) is 0. The summed E-state index contributed by atoms with van der Waals surface area (Å²) in [6.07, 6.45) is 1.79. The van der Waals surface area contributed by atoms with Crippen LogP contribution in [0.25, 0.3) is 42.3 Å². The Labute approximate surface area is 219 Å². The quantitative estimate of drug-likeness (QED) is 0.149. The predicted octanol–water partition coefficient (Wildman–Crippen LogP) is 6.97. The van der Waals surface area contributed by atoms with Gasteiger partial charge >= 0.3 is 129 Å². The van der Waals surface area contributed by atoms with Gasteiger partial charge in [0.15, 0.2) is 0 Å². The second kappa shape index (κ2) is 11.8. The molecule has 3 aromatic carbocycles. The molecule has 0 unspecified atom stereocenters. The average molecular weight is 680 g/mol. The number of rotatable bonds is 3. The maximum atomic E-state index is 4.81. The van der Waals surface area contributed by atoms with Gasteiger partial charge in [0, 0.05) is 26.3 Å². The second-order valence-corrected chi connectivity index (χ2v) is 9.60. The molecule has 0 aliphatic heterocycles. The summed E-state index contributed by atoms with van der Waals surface area (Å²) in [5.74, 6) is 0. The van der Waals surface area contributed by atoms with E-state index in [1.54, 1.807) is 6.20 Å². The molecule has 0 fully saturated rings. The van der Waals surface area contributed by atoms with Gasteiger partial charge in [-0.15, -0.1) is 35.9 Å². The fourth-order valence-electron chi connectivity index (χ4n) is 3.45. The predicted molar refractivity (Wildman–Crippen MR) is 137 cm³/mol. The first-order chi connectivity index (χ1) is 16.4. The van der Waals surface area contributed by atoms with Crippen molar-refractivity contribution in [1.82, 2.24) is 9.97 Å². The van der Waals surface area contributed by atoms with Gasteiger partial charge in [0.05, 0.1) is 0 Å². The molecule has 167 valence electrons. The minimum absolute atomic E-state index is 0. The summed E-state index contributed by atoms with van der Waals surface area (Å²) in [6, 6.07) is 45.2. The average Bonchev–Trinajstić information content (AvgIpc) is 3.35. The summed E-state index contributed by atoms with van der Waals surface area (Å²) in [5.41, 5.74) is 6.48. The van der Waals surface area contributed by atoms with Gasteiger partial charge in [-0.05, 0) is 11.8 Å². The van der Waals surface area contributed by atoms with Gasteiger partial charge in [-0.3, -0.25) is 0 Å². The summed E-state index contributed by atoms with van der Waals surface area (Å²) in [5, 5.41) is 0. The van der Waals surface area contributed by atoms with Gasteiger partial charge in [-0.1, -0.05) is 12.1 Å². The minimum Gasteiger partial charge on any atom is -0.305 e. The van der Waals surface area contributed by atoms with E-state index < -0.39 is 0 Å². The molecular formula is C30H20IrN2Se-2. The van der Waals surface area contributed by atoms with E-state index in [0.717, 1.165) is 28.0 Å². The van der Waals surface area contributed by atoms with Crippen LogP contribution >= 0.6 is 0 Å². The molecule has 6 aromatic rings. The first kappa shape index (κ1) is 24.0. The Morgan fingerprint density at radius 1 is 0.618 bits per heavy atom. The number of aromatic nitrogens is 2. The van der Waals surface area contributed by atoms with E-state index in [2.05, 4.69) is 71.7 Å². The SMILES string of the molecule is [Ir].[c-]1ccccc1-c1ccc2[se]c(-c3ccccc3)cc2n1.[c-]1ccccc1-c1ccccn1. The molecule has 34 heavy (non-hydrogen) atoms. The van der Waals surface area contributed by atoms with E-state index >= 15 is 0 Å². The van der Waals surface area contributed by atoms with E-state index in [4.69, 9.17) is 4.98 Å². The van der Waals surface area contributed by atoms with E-state index in [0.29, 0.717) is 14.5 Å². The van der Waals surface area contributed by atoms with Crippen molar-refractivity contribution in [3.05, 3.63) is 134 Å². The molecule has 2 nitrogen and oxygen atoms in total. The molecule has 3 heterocycles. The van der Waals surface area contributed by atoms with Gasteiger partial charge in [0.2, 0.25) is 0 Å². The number of nitrogens with zero attached hydrogens (tertiary/aromatic N) is 2. The maximum absolute atomic E-state index is 4.81. The Balaban J connectivity index is 0.000000180. The van der Waals surface area contributed by atoms with Crippen LogP contribution in [0.2, 0.25) is 0 Å². The summed E-state index contributed by atoms with van der Waals surface area (Å²) in [7, 11) is 0. The molecule has 0 amide bonds. The van der Waals surface area contributed by atoms with Crippen LogP contribution in [0, 0.1) is 12.1 Å². The molecule has 0 saturated carbocycles. The van der Waals surface area contributed by atoms with Crippen molar-refractivity contribution in [2.24, 2.45) is 0 Å². The Morgan fingerprint density at radius 3 is 1.94 bits per heavy atom. The first-order valence-corrected chi connectivity index (χ1v) is 12.4. The Kier molecular flexibility index (Phi) is 8.35. The third kappa shape index (κ3) is 5.86. The third-order valence-corrected chi connectivity index (χ3v) is 7.46. The van der Waals surface area contributed by atoms with Crippen LogP contribution in [0.3, 0.4) is 0 Å². The topological polar surface area (TPSA) is 25.8 Å². The Bertz CT molecular complexity index is 1360. The molecule has 3 aromatic heterocycles. The molecule has 0 N–H and O–H groups in total. The second-order valence-electron chi connectivity index (χ2n) is 7.32. The molecule has 0 aliphatic rings. The Hall–Kier alpha value is -3.13. The van der Waals surface area contributed by atoms with Crippen LogP contribution < -0.4 is 0 Å². The molecule has 0 spiro atoms. The van der Waals surface area contributed by atoms with Gasteiger partial charge < -0.3 is 4.98 Å². The molecule has 6 rings (SSSR count). The van der Waals surface area contributed by atoms with Gasteiger partial charge in [0.1, 0.15) is 0 Å². The van der Waals surface area contributed by atoms with E-state index in [1.807, 2.05) is 60.7 Å². The summed E-state index contributed by atoms with van der Waals surface area (Å²) in [6.45, 7) is 0. The van der Waals surface area contributed by atoms with Crippen LogP contribution in [-0.4, -0.2) is 24.5 Å². The number of benzene rings is 3. The first-order valence-electron chi connectivity index (χ1n) is 10.7. The van der Waals surface area contributed by atoms with Gasteiger partial charge in [-0.25, -0.2) is 0 Å². The molecule has 0 atom stereocenters. The Morgan fingerprint density at radius 2 is 1.29 bits per heavy atom. The molecule has 4 heteroatoms. The van der Waals surface area contributed by atoms with Crippen LogP contribution in [0.4, 0.5) is 0 Å². The largest absolute Gasteiger partial charge is 0.305 e. The van der Waals surface area contributed by atoms with E-state index in [1.165, 1.54) is 14.3 Å². The van der Waals surface area contributed by atoms with Crippen molar-refractivity contribution < 1.29 is 20.1 Å². The third-order valence-electron chi connectivity index (χ3n) is 5.07. The molecular weight excluding hydrogens is 660 g/mol. The summed E-state index contributed by atoms with van der Waals surface area (Å²) < 4.78 is 2.76. The molecule has 0 aliphatic carbocycles. The standard InChI is InChI=1S/C19H12NSe.C11H8N.Ir/c1-3-7-14(8-4-1)16-11-12-18-17(20-16)13-19(21-18)15-9-5-2-6-10-15;1-2-6-10(7-3-1)11-8-4-5-9-12-11;/h1-7,9-13H;1-6,8-9H;/q2*-1;. The van der Waals surface area contributed by atoms with Crippen LogP contribution in [0.5, 0.6) is 0 Å². The zero-order chi connectivity index (χ0) is 22.3. The molecule has 1 radical (unpaired) electrons. The minimum atomic E-state index is 0. The van der Waals surface area contributed by atoms with Gasteiger partial charge in [-0.2, -0.15) is 0 Å². The van der Waals surface area contributed by atoms with Crippen molar-refractivity contribution in [3.63, 3.8) is 0 Å². The maximum Gasteiger partial charge on any atom is 0.0160 e. The molecule has 0 bridgehead atoms. The summed E-state index contributed by atoms with van der Waals surface area (Å²) >= 11 is 0.350. The summed E-state index contributed by atoms with van der Waals surface area (Å²) in [4.78, 5) is 9.02. The smallest absolute Gasteiger partial charge is 0.0160 e. The van der Waals surface area contributed by atoms with Crippen molar-refractivity contribution >= 4 is 24.3 Å². The van der Waals surface area contributed by atoms with Crippen LogP contribution in [-0.2, 0) is 20.1 Å². The number of hydrogen-bond acceptors (Lipinski definition) is 2. The van der Waals surface area contributed by atoms with Gasteiger partial charge in [0.25, 0.3) is 0 Å².